The number of aliphatic hydroxyl groups is 2. The number of carbonyl (C=O) groups is 1. The van der Waals surface area contributed by atoms with Crippen molar-refractivity contribution in [1.82, 2.24) is 5.32 Å². The van der Waals surface area contributed by atoms with E-state index in [1.807, 2.05) is 0 Å². The highest BCUT2D eigenvalue weighted by Gasteiger charge is 2.21. The van der Waals surface area contributed by atoms with E-state index in [4.69, 9.17) is 16.7 Å². The number of carboxylic acid groups (broad SMARTS) is 1. The molecule has 3 rings (SSSR count). The van der Waals surface area contributed by atoms with Gasteiger partial charge in [-0.05, 0) is 66.6 Å². The molecule has 0 radical (unpaired) electrons. The molecule has 0 spiro atoms. The summed E-state index contributed by atoms with van der Waals surface area (Å²) in [5.74, 6) is -1.27. The van der Waals surface area contributed by atoms with Crippen molar-refractivity contribution in [2.75, 3.05) is 31.6 Å². The summed E-state index contributed by atoms with van der Waals surface area (Å²) in [5.41, 5.74) is 1.67. The van der Waals surface area contributed by atoms with Crippen molar-refractivity contribution in [3.05, 3.63) is 88.4 Å². The van der Waals surface area contributed by atoms with Crippen LogP contribution in [0, 0.1) is 0 Å². The molecule has 3 aromatic rings. The maximum Gasteiger partial charge on any atom is 0.337 e. The first-order valence-electron chi connectivity index (χ1n) is 10.9. The van der Waals surface area contributed by atoms with Crippen LogP contribution in [0.4, 0.5) is 5.69 Å². The first kappa shape index (κ1) is 29.6. The zero-order valence-electron chi connectivity index (χ0n) is 19.2. The number of rotatable bonds is 12. The van der Waals surface area contributed by atoms with E-state index in [-0.39, 0.29) is 46.6 Å². The SMILES string of the molecule is Cl.O=C(O)c1cc(S(=O)(=O)c2ccc(CCNC[C@H](O)c3cccc(Cl)c3)cc2)ccc1NCCO. The van der Waals surface area contributed by atoms with E-state index in [2.05, 4.69) is 10.6 Å². The van der Waals surface area contributed by atoms with Gasteiger partial charge in [0, 0.05) is 23.8 Å². The lowest BCUT2D eigenvalue weighted by Crippen LogP contribution is -2.23. The van der Waals surface area contributed by atoms with Crippen LogP contribution in [0.5, 0.6) is 0 Å². The fourth-order valence-electron chi connectivity index (χ4n) is 3.49. The lowest BCUT2D eigenvalue weighted by molar-refractivity contribution is 0.0697. The van der Waals surface area contributed by atoms with Crippen LogP contribution in [0.1, 0.15) is 27.6 Å². The smallest absolute Gasteiger partial charge is 0.337 e. The predicted molar refractivity (Wildman–Crippen MR) is 141 cm³/mol. The standard InChI is InChI=1S/C25H27ClN2O6S.ClH/c26-19-3-1-2-18(14-19)24(30)16-27-11-10-17-4-6-20(7-5-17)35(33,34)21-8-9-23(28-12-13-29)22(15-21)25(31)32;/h1-9,14-15,24,27-30H,10-13,16H2,(H,31,32);1H/t24-;/m0./s1. The van der Waals surface area contributed by atoms with Crippen molar-refractivity contribution in [1.29, 1.82) is 0 Å². The minimum absolute atomic E-state index is 0. The van der Waals surface area contributed by atoms with Crippen LogP contribution < -0.4 is 10.6 Å². The van der Waals surface area contributed by atoms with Gasteiger partial charge in [0.2, 0.25) is 9.84 Å². The summed E-state index contributed by atoms with van der Waals surface area (Å²) >= 11 is 5.95. The first-order valence-corrected chi connectivity index (χ1v) is 12.8. The van der Waals surface area contributed by atoms with Gasteiger partial charge in [-0.3, -0.25) is 0 Å². The van der Waals surface area contributed by atoms with Crippen LogP contribution in [0.15, 0.2) is 76.5 Å². The number of halogens is 2. The molecule has 0 saturated heterocycles. The monoisotopic (exact) mass is 554 g/mol. The van der Waals surface area contributed by atoms with Crippen molar-refractivity contribution >= 4 is 45.5 Å². The molecular weight excluding hydrogens is 527 g/mol. The Hall–Kier alpha value is -2.66. The molecule has 36 heavy (non-hydrogen) atoms. The molecule has 8 nitrogen and oxygen atoms in total. The number of hydrogen-bond donors (Lipinski definition) is 5. The van der Waals surface area contributed by atoms with E-state index in [1.54, 1.807) is 36.4 Å². The minimum Gasteiger partial charge on any atom is -0.478 e. The first-order chi connectivity index (χ1) is 16.7. The minimum atomic E-state index is -3.92. The van der Waals surface area contributed by atoms with E-state index >= 15 is 0 Å². The average Bonchev–Trinajstić information content (AvgIpc) is 2.85. The Morgan fingerprint density at radius 2 is 1.67 bits per heavy atom. The number of sulfone groups is 1. The van der Waals surface area contributed by atoms with Crippen molar-refractivity contribution in [3.63, 3.8) is 0 Å². The Balaban J connectivity index is 0.00000456. The van der Waals surface area contributed by atoms with Crippen molar-refractivity contribution in [2.45, 2.75) is 22.3 Å². The topological polar surface area (TPSA) is 136 Å². The van der Waals surface area contributed by atoms with Gasteiger partial charge in [-0.2, -0.15) is 0 Å². The Morgan fingerprint density at radius 3 is 2.31 bits per heavy atom. The third-order valence-corrected chi connectivity index (χ3v) is 7.36. The van der Waals surface area contributed by atoms with Crippen molar-refractivity contribution in [2.24, 2.45) is 0 Å². The molecule has 0 saturated carbocycles. The summed E-state index contributed by atoms with van der Waals surface area (Å²) in [7, 11) is -3.92. The Kier molecular flexibility index (Phi) is 11.2. The molecule has 0 bridgehead atoms. The Bertz CT molecular complexity index is 1270. The molecule has 0 heterocycles. The molecule has 0 fully saturated rings. The number of anilines is 1. The average molecular weight is 555 g/mol. The summed E-state index contributed by atoms with van der Waals surface area (Å²) in [4.78, 5) is 11.5. The fraction of sp³-hybridized carbons (Fsp3) is 0.240. The van der Waals surface area contributed by atoms with E-state index in [0.717, 1.165) is 17.2 Å². The molecule has 0 unspecified atom stereocenters. The molecule has 0 aliphatic carbocycles. The third-order valence-electron chi connectivity index (χ3n) is 5.35. The quantitative estimate of drug-likeness (QED) is 0.214. The Labute approximate surface area is 221 Å². The van der Waals surface area contributed by atoms with E-state index < -0.39 is 21.9 Å². The van der Waals surface area contributed by atoms with Crippen LogP contribution in [0.3, 0.4) is 0 Å². The summed E-state index contributed by atoms with van der Waals surface area (Å²) in [5, 5.41) is 35.1. The third kappa shape index (κ3) is 7.67. The summed E-state index contributed by atoms with van der Waals surface area (Å²) < 4.78 is 26.1. The van der Waals surface area contributed by atoms with Gasteiger partial charge >= 0.3 is 5.97 Å². The molecule has 0 amide bonds. The molecule has 3 aromatic carbocycles. The molecule has 11 heteroatoms. The molecule has 194 valence electrons. The number of nitrogens with one attached hydrogen (secondary N) is 2. The summed E-state index contributed by atoms with van der Waals surface area (Å²) in [6.45, 7) is 0.877. The van der Waals surface area contributed by atoms with Crippen LogP contribution in [-0.2, 0) is 16.3 Å². The lowest BCUT2D eigenvalue weighted by atomic mass is 10.1. The number of benzene rings is 3. The van der Waals surface area contributed by atoms with Gasteiger partial charge in [-0.25, -0.2) is 13.2 Å². The van der Waals surface area contributed by atoms with Crippen LogP contribution in [0.25, 0.3) is 0 Å². The number of hydrogen-bond acceptors (Lipinski definition) is 7. The van der Waals surface area contributed by atoms with Gasteiger partial charge in [0.25, 0.3) is 0 Å². The number of carboxylic acids is 1. The number of aliphatic hydroxyl groups excluding tert-OH is 2. The zero-order valence-corrected chi connectivity index (χ0v) is 21.6. The fourth-order valence-corrected chi connectivity index (χ4v) is 4.97. The number of aromatic carboxylic acids is 1. The Morgan fingerprint density at radius 1 is 0.972 bits per heavy atom. The lowest BCUT2D eigenvalue weighted by Gasteiger charge is -2.13. The molecule has 5 N–H and O–H groups in total. The second-order valence-electron chi connectivity index (χ2n) is 7.84. The van der Waals surface area contributed by atoms with Crippen LogP contribution >= 0.6 is 24.0 Å². The van der Waals surface area contributed by atoms with Gasteiger partial charge in [0.05, 0.1) is 28.1 Å². The zero-order chi connectivity index (χ0) is 25.4. The van der Waals surface area contributed by atoms with Crippen molar-refractivity contribution in [3.8, 4) is 0 Å². The van der Waals surface area contributed by atoms with Gasteiger partial charge in [0.1, 0.15) is 0 Å². The second-order valence-corrected chi connectivity index (χ2v) is 10.2. The molecule has 0 aliphatic rings. The second kappa shape index (κ2) is 13.6. The molecular formula is C25H28Cl2N2O6S. The maximum absolute atomic E-state index is 13.0. The van der Waals surface area contributed by atoms with Crippen molar-refractivity contribution < 1.29 is 28.5 Å². The van der Waals surface area contributed by atoms with E-state index in [1.165, 1.54) is 24.3 Å². The van der Waals surface area contributed by atoms with E-state index in [9.17, 15) is 23.4 Å². The summed E-state index contributed by atoms with van der Waals surface area (Å²) in [6.07, 6.45) is -0.0705. The predicted octanol–water partition coefficient (Wildman–Crippen LogP) is 3.56. The molecule has 0 aromatic heterocycles. The summed E-state index contributed by atoms with van der Waals surface area (Å²) in [6, 6.07) is 17.3. The van der Waals surface area contributed by atoms with Crippen LogP contribution in [0.2, 0.25) is 5.02 Å². The van der Waals surface area contributed by atoms with Gasteiger partial charge in [-0.1, -0.05) is 35.9 Å². The normalized spacial score (nSPS) is 12.0. The van der Waals surface area contributed by atoms with E-state index in [0.29, 0.717) is 24.5 Å². The molecule has 0 aliphatic heterocycles. The molecule has 1 atom stereocenters. The highest BCUT2D eigenvalue weighted by molar-refractivity contribution is 7.91. The van der Waals surface area contributed by atoms with Gasteiger partial charge in [0.15, 0.2) is 0 Å². The van der Waals surface area contributed by atoms with Gasteiger partial charge in [-0.15, -0.1) is 12.4 Å². The maximum atomic E-state index is 13.0. The van der Waals surface area contributed by atoms with Crippen LogP contribution in [-0.4, -0.2) is 55.9 Å². The largest absolute Gasteiger partial charge is 0.478 e. The highest BCUT2D eigenvalue weighted by Crippen LogP contribution is 2.26. The highest BCUT2D eigenvalue weighted by atomic mass is 35.5. The van der Waals surface area contributed by atoms with Gasteiger partial charge < -0.3 is 26.0 Å².